The highest BCUT2D eigenvalue weighted by Crippen LogP contribution is 2.46. The Morgan fingerprint density at radius 1 is 0.700 bits per heavy atom. The molecule has 14 heteroatoms. The van der Waals surface area contributed by atoms with Crippen LogP contribution in [0.2, 0.25) is 0 Å². The summed E-state index contributed by atoms with van der Waals surface area (Å²) in [5, 5.41) is 9.61. The highest BCUT2D eigenvalue weighted by Gasteiger charge is 2.26. The molecule has 0 aliphatic carbocycles. The molecule has 4 unspecified atom stereocenters. The quantitative estimate of drug-likeness (QED) is 0.140. The Bertz CT molecular complexity index is 521. The second kappa shape index (κ2) is 16.7. The van der Waals surface area contributed by atoms with Crippen molar-refractivity contribution >= 4 is 15.2 Å². The highest BCUT2D eigenvalue weighted by molar-refractivity contribution is 7.53. The first-order valence-corrected chi connectivity index (χ1v) is 13.0. The van der Waals surface area contributed by atoms with Crippen molar-refractivity contribution in [2.45, 2.75) is 38.3 Å². The number of hydrogen-bond donors (Lipinski definition) is 4. The lowest BCUT2D eigenvalue weighted by Gasteiger charge is -2.17. The first kappa shape index (κ1) is 30.1. The third kappa shape index (κ3) is 15.8. The van der Waals surface area contributed by atoms with Crippen molar-refractivity contribution < 1.29 is 52.0 Å². The average molecular weight is 481 g/mol. The molecule has 4 atom stereocenters. The summed E-state index contributed by atoms with van der Waals surface area (Å²) in [6, 6.07) is 0. The molecule has 0 spiro atoms. The molecule has 12 nitrogen and oxygen atoms in total. The molecule has 182 valence electrons. The molecule has 0 radical (unpaired) electrons. The molecule has 0 bridgehead atoms. The van der Waals surface area contributed by atoms with Crippen molar-refractivity contribution in [3.8, 4) is 0 Å². The van der Waals surface area contributed by atoms with Gasteiger partial charge in [0.15, 0.2) is 0 Å². The Morgan fingerprint density at radius 2 is 1.13 bits per heavy atom. The lowest BCUT2D eigenvalue weighted by molar-refractivity contribution is -0.0259. The minimum atomic E-state index is -3.91. The molecule has 0 aromatic rings. The van der Waals surface area contributed by atoms with Crippen LogP contribution >= 0.6 is 15.2 Å². The number of rotatable bonds is 20. The van der Waals surface area contributed by atoms with Crippen LogP contribution < -0.4 is 5.73 Å². The van der Waals surface area contributed by atoms with E-state index in [0.29, 0.717) is 33.0 Å². The molecule has 0 saturated carbocycles. The van der Waals surface area contributed by atoms with E-state index in [2.05, 4.69) is 0 Å². The molecule has 0 saturated heterocycles. The van der Waals surface area contributed by atoms with Crippen LogP contribution in [0.15, 0.2) is 0 Å². The summed E-state index contributed by atoms with van der Waals surface area (Å²) in [4.78, 5) is 18.8. The van der Waals surface area contributed by atoms with Gasteiger partial charge in [-0.25, -0.2) is 0 Å². The monoisotopic (exact) mass is 481 g/mol. The van der Waals surface area contributed by atoms with Gasteiger partial charge in [-0.3, -0.25) is 9.13 Å². The smallest absolute Gasteiger partial charge is 0.344 e. The van der Waals surface area contributed by atoms with Crippen LogP contribution in [0.3, 0.4) is 0 Å². The summed E-state index contributed by atoms with van der Waals surface area (Å²) in [6.07, 6.45) is -1.05. The van der Waals surface area contributed by atoms with E-state index in [1.807, 2.05) is 0 Å². The molecule has 0 aromatic heterocycles. The fraction of sp³-hybridized carbons (Fsp3) is 1.00. The summed E-state index contributed by atoms with van der Waals surface area (Å²) in [5.74, 6) is -1.03. The maximum absolute atomic E-state index is 11.5. The van der Waals surface area contributed by atoms with Crippen LogP contribution in [0.5, 0.6) is 0 Å². The zero-order valence-corrected chi connectivity index (χ0v) is 19.7. The maximum Gasteiger partial charge on any atom is 0.344 e. The number of nitrogens with two attached hydrogens (primary N) is 1. The van der Waals surface area contributed by atoms with Crippen LogP contribution in [0, 0.1) is 0 Å². The molecular weight excluding hydrogens is 444 g/mol. The maximum atomic E-state index is 11.5. The first-order chi connectivity index (χ1) is 14.0. The van der Waals surface area contributed by atoms with Crippen molar-refractivity contribution in [3.63, 3.8) is 0 Å². The van der Waals surface area contributed by atoms with Gasteiger partial charge in [-0.2, -0.15) is 0 Å². The molecule has 0 aliphatic rings. The topological polar surface area (TPSA) is 176 Å². The van der Waals surface area contributed by atoms with E-state index < -0.39 is 32.7 Å². The van der Waals surface area contributed by atoms with Crippen LogP contribution in [-0.2, 0) is 37.1 Å². The molecule has 0 amide bonds. The molecular formula is C16H37NO11P2. The third-order valence-electron chi connectivity index (χ3n) is 3.55. The predicted molar refractivity (Wildman–Crippen MR) is 110 cm³/mol. The standard InChI is InChI=1S/C16H37NO11P2/c1-14(2)29(19,20)27-11-10-25-7-6-23-4-5-24-8-9-26-12-16(18)13-28-30(21,22)15(3)17/h14-16,18H,4-13,17H2,1-3H3,(H,19,20)(H,21,22). The van der Waals surface area contributed by atoms with Crippen LogP contribution in [-0.4, -0.2) is 98.5 Å². The van der Waals surface area contributed by atoms with E-state index >= 15 is 0 Å². The number of aliphatic hydroxyl groups is 1. The average Bonchev–Trinajstić information content (AvgIpc) is 2.66. The third-order valence-corrected chi connectivity index (χ3v) is 6.96. The van der Waals surface area contributed by atoms with Gasteiger partial charge in [0, 0.05) is 0 Å². The Labute approximate surface area is 178 Å². The van der Waals surface area contributed by atoms with Crippen molar-refractivity contribution in [3.05, 3.63) is 0 Å². The highest BCUT2D eigenvalue weighted by atomic mass is 31.2. The molecule has 0 heterocycles. The largest absolute Gasteiger partial charge is 0.388 e. The fourth-order valence-corrected chi connectivity index (χ4v) is 2.87. The fourth-order valence-electron chi connectivity index (χ4n) is 1.61. The van der Waals surface area contributed by atoms with Crippen molar-refractivity contribution in [1.29, 1.82) is 0 Å². The molecule has 0 fully saturated rings. The van der Waals surface area contributed by atoms with E-state index in [1.54, 1.807) is 13.8 Å². The van der Waals surface area contributed by atoms with Crippen LogP contribution in [0.25, 0.3) is 0 Å². The second-order valence-corrected chi connectivity index (χ2v) is 11.3. The summed E-state index contributed by atoms with van der Waals surface area (Å²) < 4.78 is 53.6. The van der Waals surface area contributed by atoms with E-state index in [4.69, 9.17) is 33.7 Å². The zero-order valence-electron chi connectivity index (χ0n) is 17.9. The summed E-state index contributed by atoms with van der Waals surface area (Å²) in [7, 11) is -7.46. The van der Waals surface area contributed by atoms with Crippen molar-refractivity contribution in [2.75, 3.05) is 66.1 Å². The molecule has 0 aliphatic heterocycles. The summed E-state index contributed by atoms with van der Waals surface area (Å²) >= 11 is 0. The van der Waals surface area contributed by atoms with Gasteiger partial charge in [0.05, 0.1) is 71.7 Å². The van der Waals surface area contributed by atoms with E-state index in [-0.39, 0.29) is 33.0 Å². The van der Waals surface area contributed by atoms with E-state index in [0.717, 1.165) is 0 Å². The predicted octanol–water partition coefficient (Wildman–Crippen LogP) is 0.531. The molecule has 0 rings (SSSR count). The van der Waals surface area contributed by atoms with E-state index in [9.17, 15) is 24.0 Å². The SMILES string of the molecule is CC(C)P(=O)(O)OCCOCCOCCOCCOCC(O)COP(=O)(O)C(C)N. The van der Waals surface area contributed by atoms with Gasteiger partial charge in [-0.05, 0) is 6.92 Å². The number of ether oxygens (including phenoxy) is 4. The van der Waals surface area contributed by atoms with Gasteiger partial charge in [-0.15, -0.1) is 0 Å². The van der Waals surface area contributed by atoms with Crippen LogP contribution in [0.1, 0.15) is 20.8 Å². The van der Waals surface area contributed by atoms with Gasteiger partial charge in [0.25, 0.3) is 0 Å². The normalized spacial score (nSPS) is 18.1. The van der Waals surface area contributed by atoms with Crippen molar-refractivity contribution in [2.24, 2.45) is 5.73 Å². The van der Waals surface area contributed by atoms with Gasteiger partial charge in [0.2, 0.25) is 0 Å². The Morgan fingerprint density at radius 3 is 1.57 bits per heavy atom. The summed E-state index contributed by atoms with van der Waals surface area (Å²) in [5.41, 5.74) is 4.85. The number of hydrogen-bond acceptors (Lipinski definition) is 10. The van der Waals surface area contributed by atoms with Gasteiger partial charge >= 0.3 is 15.2 Å². The lowest BCUT2D eigenvalue weighted by atomic mass is 10.4. The van der Waals surface area contributed by atoms with Gasteiger partial charge in [-0.1, -0.05) is 13.8 Å². The van der Waals surface area contributed by atoms with Crippen molar-refractivity contribution in [1.82, 2.24) is 0 Å². The van der Waals surface area contributed by atoms with Gasteiger partial charge in [0.1, 0.15) is 11.9 Å². The minimum Gasteiger partial charge on any atom is -0.388 e. The number of aliphatic hydroxyl groups excluding tert-OH is 1. The summed E-state index contributed by atoms with van der Waals surface area (Å²) in [6.45, 7) is 6.31. The Balaban J connectivity index is 3.39. The molecule has 0 aromatic carbocycles. The Hall–Kier alpha value is 0.0600. The van der Waals surface area contributed by atoms with Crippen LogP contribution in [0.4, 0.5) is 0 Å². The zero-order chi connectivity index (χ0) is 23.0. The second-order valence-electron chi connectivity index (χ2n) is 6.66. The molecule has 30 heavy (non-hydrogen) atoms. The lowest BCUT2D eigenvalue weighted by Crippen LogP contribution is -2.25. The van der Waals surface area contributed by atoms with E-state index in [1.165, 1.54) is 6.92 Å². The Kier molecular flexibility index (Phi) is 16.7. The minimum absolute atomic E-state index is 0.0430. The molecule has 5 N–H and O–H groups in total. The van der Waals surface area contributed by atoms with Gasteiger partial charge < -0.3 is 48.6 Å². The first-order valence-electron chi connectivity index (χ1n) is 9.67.